The van der Waals surface area contributed by atoms with E-state index in [0.717, 1.165) is 0 Å². The molecule has 0 aliphatic rings. The van der Waals surface area contributed by atoms with E-state index < -0.39 is 17.5 Å². The van der Waals surface area contributed by atoms with E-state index in [4.69, 9.17) is 14.2 Å². The first-order valence-electron chi connectivity index (χ1n) is 9.06. The van der Waals surface area contributed by atoms with Crippen LogP contribution in [0.15, 0.2) is 17.5 Å². The van der Waals surface area contributed by atoms with Crippen LogP contribution in [0, 0.1) is 17.3 Å². The van der Waals surface area contributed by atoms with Gasteiger partial charge in [-0.25, -0.2) is 4.79 Å². The molecule has 0 bridgehead atoms. The molecule has 0 fully saturated rings. The summed E-state index contributed by atoms with van der Waals surface area (Å²) in [7, 11) is 1.37. The van der Waals surface area contributed by atoms with Gasteiger partial charge in [0.1, 0.15) is 17.6 Å². The molecule has 1 heterocycles. The standard InChI is InChI=1S/C20H30O6S/c1-13(10-14(2)17(21)24-6)11-20(4,5)19(23)25-12-15(3)26-18(22)16-8-7-9-27-16/h7-9,13-15H,10-12H2,1-6H3. The van der Waals surface area contributed by atoms with Crippen LogP contribution in [0.4, 0.5) is 0 Å². The Morgan fingerprint density at radius 3 is 2.41 bits per heavy atom. The predicted octanol–water partition coefficient (Wildman–Crippen LogP) is 4.09. The minimum atomic E-state index is -0.702. The van der Waals surface area contributed by atoms with Gasteiger partial charge in [-0.05, 0) is 51.0 Å². The second-order valence-electron chi connectivity index (χ2n) is 7.64. The quantitative estimate of drug-likeness (QED) is 0.436. The maximum atomic E-state index is 12.4. The van der Waals surface area contributed by atoms with Gasteiger partial charge in [-0.15, -0.1) is 11.3 Å². The zero-order valence-electron chi connectivity index (χ0n) is 16.9. The van der Waals surface area contributed by atoms with Gasteiger partial charge < -0.3 is 14.2 Å². The first kappa shape index (κ1) is 23.1. The molecule has 1 aromatic rings. The van der Waals surface area contributed by atoms with Crippen LogP contribution in [0.1, 0.15) is 57.1 Å². The van der Waals surface area contributed by atoms with Crippen molar-refractivity contribution in [1.29, 1.82) is 0 Å². The molecular weight excluding hydrogens is 368 g/mol. The van der Waals surface area contributed by atoms with E-state index in [9.17, 15) is 14.4 Å². The molecule has 0 saturated carbocycles. The Labute approximate surface area is 165 Å². The van der Waals surface area contributed by atoms with Crippen LogP contribution in [0.25, 0.3) is 0 Å². The van der Waals surface area contributed by atoms with Crippen molar-refractivity contribution in [1.82, 2.24) is 0 Å². The highest BCUT2D eigenvalue weighted by molar-refractivity contribution is 7.11. The van der Waals surface area contributed by atoms with Gasteiger partial charge in [0.25, 0.3) is 0 Å². The molecule has 3 atom stereocenters. The van der Waals surface area contributed by atoms with Gasteiger partial charge in [-0.3, -0.25) is 9.59 Å². The second-order valence-corrected chi connectivity index (χ2v) is 8.59. The minimum absolute atomic E-state index is 0.00627. The fourth-order valence-electron chi connectivity index (χ4n) is 3.00. The Hall–Kier alpha value is -1.89. The molecule has 0 aliphatic carbocycles. The number of hydrogen-bond donors (Lipinski definition) is 0. The molecule has 27 heavy (non-hydrogen) atoms. The Kier molecular flexibility index (Phi) is 8.96. The summed E-state index contributed by atoms with van der Waals surface area (Å²) >= 11 is 1.30. The molecule has 1 rings (SSSR count). The van der Waals surface area contributed by atoms with E-state index >= 15 is 0 Å². The van der Waals surface area contributed by atoms with Gasteiger partial charge in [0.15, 0.2) is 0 Å². The largest absolute Gasteiger partial charge is 0.469 e. The number of methoxy groups -OCH3 is 1. The Balaban J connectivity index is 2.44. The fourth-order valence-corrected chi connectivity index (χ4v) is 3.60. The van der Waals surface area contributed by atoms with Crippen molar-refractivity contribution in [2.75, 3.05) is 13.7 Å². The molecule has 7 heteroatoms. The highest BCUT2D eigenvalue weighted by Crippen LogP contribution is 2.30. The van der Waals surface area contributed by atoms with Crippen LogP contribution in [0.5, 0.6) is 0 Å². The Bertz CT molecular complexity index is 622. The molecule has 0 aromatic carbocycles. The molecule has 3 unspecified atom stereocenters. The van der Waals surface area contributed by atoms with Gasteiger partial charge in [0.2, 0.25) is 0 Å². The molecule has 152 valence electrons. The average Bonchev–Trinajstić information content (AvgIpc) is 3.12. The van der Waals surface area contributed by atoms with Crippen molar-refractivity contribution in [2.24, 2.45) is 17.3 Å². The van der Waals surface area contributed by atoms with Gasteiger partial charge in [-0.1, -0.05) is 19.9 Å². The smallest absolute Gasteiger partial charge is 0.348 e. The SMILES string of the molecule is COC(=O)C(C)CC(C)CC(C)(C)C(=O)OCC(C)OC(=O)c1cccs1. The maximum absolute atomic E-state index is 12.4. The number of carbonyl (C=O) groups excluding carboxylic acids is 3. The summed E-state index contributed by atoms with van der Waals surface area (Å²) < 4.78 is 15.4. The van der Waals surface area contributed by atoms with Crippen molar-refractivity contribution in [3.8, 4) is 0 Å². The van der Waals surface area contributed by atoms with Crippen LogP contribution in [-0.4, -0.2) is 37.7 Å². The maximum Gasteiger partial charge on any atom is 0.348 e. The number of ether oxygens (including phenoxy) is 3. The first-order chi connectivity index (χ1) is 12.6. The zero-order chi connectivity index (χ0) is 20.6. The number of hydrogen-bond acceptors (Lipinski definition) is 7. The second kappa shape index (κ2) is 10.4. The zero-order valence-corrected chi connectivity index (χ0v) is 17.8. The van der Waals surface area contributed by atoms with Crippen LogP contribution < -0.4 is 0 Å². The summed E-state index contributed by atoms with van der Waals surface area (Å²) in [5.41, 5.74) is -0.702. The van der Waals surface area contributed by atoms with Gasteiger partial charge >= 0.3 is 17.9 Å². The Morgan fingerprint density at radius 1 is 1.19 bits per heavy atom. The summed E-state index contributed by atoms with van der Waals surface area (Å²) in [6.07, 6.45) is 0.686. The predicted molar refractivity (Wildman–Crippen MR) is 104 cm³/mol. The van der Waals surface area contributed by atoms with Crippen molar-refractivity contribution < 1.29 is 28.6 Å². The van der Waals surface area contributed by atoms with Crippen LogP contribution in [0.3, 0.4) is 0 Å². The lowest BCUT2D eigenvalue weighted by Gasteiger charge is -2.27. The van der Waals surface area contributed by atoms with Gasteiger partial charge in [-0.2, -0.15) is 0 Å². The van der Waals surface area contributed by atoms with Crippen molar-refractivity contribution in [3.63, 3.8) is 0 Å². The van der Waals surface area contributed by atoms with Crippen molar-refractivity contribution >= 4 is 29.2 Å². The molecular formula is C20H30O6S. The molecule has 0 saturated heterocycles. The van der Waals surface area contributed by atoms with E-state index in [1.54, 1.807) is 24.4 Å². The monoisotopic (exact) mass is 398 g/mol. The van der Waals surface area contributed by atoms with E-state index in [1.165, 1.54) is 18.4 Å². The lowest BCUT2D eigenvalue weighted by atomic mass is 9.80. The summed E-state index contributed by atoms with van der Waals surface area (Å²) in [5, 5.41) is 1.80. The van der Waals surface area contributed by atoms with Crippen molar-refractivity contribution in [2.45, 2.75) is 53.6 Å². The van der Waals surface area contributed by atoms with E-state index in [0.29, 0.717) is 17.7 Å². The summed E-state index contributed by atoms with van der Waals surface area (Å²) in [6.45, 7) is 9.14. The highest BCUT2D eigenvalue weighted by atomic mass is 32.1. The lowest BCUT2D eigenvalue weighted by Crippen LogP contribution is -2.32. The topological polar surface area (TPSA) is 78.9 Å². The molecule has 0 radical (unpaired) electrons. The van der Waals surface area contributed by atoms with E-state index in [1.807, 2.05) is 27.7 Å². The summed E-state index contributed by atoms with van der Waals surface area (Å²) in [4.78, 5) is 36.4. The molecule has 0 N–H and O–H groups in total. The van der Waals surface area contributed by atoms with Gasteiger partial charge in [0.05, 0.1) is 18.4 Å². The summed E-state index contributed by atoms with van der Waals surface area (Å²) in [6, 6.07) is 3.46. The fraction of sp³-hybridized carbons (Fsp3) is 0.650. The number of thiophene rings is 1. The average molecular weight is 399 g/mol. The van der Waals surface area contributed by atoms with Crippen LogP contribution in [-0.2, 0) is 23.8 Å². The normalized spacial score (nSPS) is 14.7. The first-order valence-corrected chi connectivity index (χ1v) is 9.94. The highest BCUT2D eigenvalue weighted by Gasteiger charge is 2.33. The number of rotatable bonds is 10. The molecule has 1 aromatic heterocycles. The third-order valence-corrected chi connectivity index (χ3v) is 5.10. The van der Waals surface area contributed by atoms with E-state index in [-0.39, 0.29) is 30.4 Å². The molecule has 0 spiro atoms. The molecule has 0 amide bonds. The minimum Gasteiger partial charge on any atom is -0.469 e. The molecule has 6 nitrogen and oxygen atoms in total. The van der Waals surface area contributed by atoms with Crippen LogP contribution in [0.2, 0.25) is 0 Å². The lowest BCUT2D eigenvalue weighted by molar-refractivity contribution is -0.157. The molecule has 0 aliphatic heterocycles. The summed E-state index contributed by atoms with van der Waals surface area (Å²) in [5.74, 6) is -1.08. The number of esters is 3. The third kappa shape index (κ3) is 7.71. The van der Waals surface area contributed by atoms with Gasteiger partial charge in [0, 0.05) is 0 Å². The third-order valence-electron chi connectivity index (χ3n) is 4.25. The van der Waals surface area contributed by atoms with E-state index in [2.05, 4.69) is 0 Å². The van der Waals surface area contributed by atoms with Crippen molar-refractivity contribution in [3.05, 3.63) is 22.4 Å². The number of carbonyl (C=O) groups is 3. The Morgan fingerprint density at radius 2 is 1.85 bits per heavy atom. The van der Waals surface area contributed by atoms with Crippen LogP contribution >= 0.6 is 11.3 Å².